The second-order valence-corrected chi connectivity index (χ2v) is 5.89. The van der Waals surface area contributed by atoms with Gasteiger partial charge in [0, 0.05) is 23.7 Å². The van der Waals surface area contributed by atoms with Gasteiger partial charge < -0.3 is 15.0 Å². The fraction of sp³-hybridized carbons (Fsp3) is 0.500. The SMILES string of the molecule is CCN(CC(=O)NC(C)C)C(=O)Cc1cc(C(C)=O)ccc1OC. The Hall–Kier alpha value is -2.37. The lowest BCUT2D eigenvalue weighted by molar-refractivity contribution is -0.135. The molecule has 0 aliphatic rings. The fourth-order valence-corrected chi connectivity index (χ4v) is 2.33. The van der Waals surface area contributed by atoms with Crippen LogP contribution in [0.5, 0.6) is 5.75 Å². The lowest BCUT2D eigenvalue weighted by atomic mass is 10.0. The molecule has 6 nitrogen and oxygen atoms in total. The van der Waals surface area contributed by atoms with Crippen LogP contribution in [0.2, 0.25) is 0 Å². The van der Waals surface area contributed by atoms with Gasteiger partial charge in [-0.25, -0.2) is 0 Å². The Bertz CT molecular complexity index is 611. The Morgan fingerprint density at radius 3 is 2.42 bits per heavy atom. The number of rotatable bonds is 8. The summed E-state index contributed by atoms with van der Waals surface area (Å²) in [6.07, 6.45) is 0.0765. The third-order valence-electron chi connectivity index (χ3n) is 3.55. The van der Waals surface area contributed by atoms with E-state index >= 15 is 0 Å². The molecule has 1 aromatic rings. The zero-order chi connectivity index (χ0) is 18.3. The molecule has 0 saturated carbocycles. The van der Waals surface area contributed by atoms with Crippen LogP contribution in [0.1, 0.15) is 43.6 Å². The molecule has 0 aliphatic carbocycles. The monoisotopic (exact) mass is 334 g/mol. The summed E-state index contributed by atoms with van der Waals surface area (Å²) in [5, 5.41) is 2.77. The van der Waals surface area contributed by atoms with Gasteiger partial charge in [-0.1, -0.05) is 0 Å². The Kier molecular flexibility index (Phi) is 7.42. The molecule has 0 radical (unpaired) electrons. The van der Waals surface area contributed by atoms with Gasteiger partial charge in [-0.15, -0.1) is 0 Å². The lowest BCUT2D eigenvalue weighted by Crippen LogP contribution is -2.43. The highest BCUT2D eigenvalue weighted by Crippen LogP contribution is 2.21. The van der Waals surface area contributed by atoms with Crippen LogP contribution in [0, 0.1) is 0 Å². The van der Waals surface area contributed by atoms with Gasteiger partial charge >= 0.3 is 0 Å². The third kappa shape index (κ3) is 5.68. The molecule has 0 unspecified atom stereocenters. The van der Waals surface area contributed by atoms with E-state index in [1.165, 1.54) is 18.9 Å². The van der Waals surface area contributed by atoms with E-state index in [0.29, 0.717) is 23.4 Å². The van der Waals surface area contributed by atoms with E-state index in [9.17, 15) is 14.4 Å². The average molecular weight is 334 g/mol. The Labute approximate surface area is 143 Å². The zero-order valence-electron chi connectivity index (χ0n) is 15.0. The van der Waals surface area contributed by atoms with Crippen molar-refractivity contribution in [3.05, 3.63) is 29.3 Å². The Morgan fingerprint density at radius 1 is 1.25 bits per heavy atom. The molecule has 0 spiro atoms. The molecule has 0 bridgehead atoms. The number of ketones is 1. The van der Waals surface area contributed by atoms with Crippen molar-refractivity contribution >= 4 is 17.6 Å². The van der Waals surface area contributed by atoms with Crippen LogP contribution < -0.4 is 10.1 Å². The molecule has 1 rings (SSSR count). The molecule has 1 N–H and O–H groups in total. The standard InChI is InChI=1S/C18H26N2O4/c1-6-20(11-17(22)19-12(2)3)18(23)10-15-9-14(13(4)21)7-8-16(15)24-5/h7-9,12H,6,10-11H2,1-5H3,(H,19,22). The number of hydrogen-bond donors (Lipinski definition) is 1. The normalized spacial score (nSPS) is 10.4. The number of amides is 2. The Morgan fingerprint density at radius 2 is 1.92 bits per heavy atom. The van der Waals surface area contributed by atoms with Gasteiger partial charge in [0.15, 0.2) is 5.78 Å². The van der Waals surface area contributed by atoms with E-state index < -0.39 is 0 Å². The first-order chi connectivity index (χ1) is 11.3. The molecule has 6 heteroatoms. The van der Waals surface area contributed by atoms with E-state index in [1.54, 1.807) is 18.2 Å². The van der Waals surface area contributed by atoms with Crippen molar-refractivity contribution in [3.63, 3.8) is 0 Å². The van der Waals surface area contributed by atoms with E-state index in [1.807, 2.05) is 20.8 Å². The quantitative estimate of drug-likeness (QED) is 0.736. The fourth-order valence-electron chi connectivity index (χ4n) is 2.33. The molecule has 24 heavy (non-hydrogen) atoms. The number of nitrogens with zero attached hydrogens (tertiary/aromatic N) is 1. The minimum atomic E-state index is -0.190. The molecule has 132 valence electrons. The van der Waals surface area contributed by atoms with Crippen molar-refractivity contribution in [1.82, 2.24) is 10.2 Å². The number of hydrogen-bond acceptors (Lipinski definition) is 4. The molecule has 0 heterocycles. The van der Waals surface area contributed by atoms with Crippen molar-refractivity contribution < 1.29 is 19.1 Å². The highest BCUT2D eigenvalue weighted by molar-refractivity contribution is 5.95. The van der Waals surface area contributed by atoms with E-state index in [2.05, 4.69) is 5.32 Å². The maximum atomic E-state index is 12.5. The van der Waals surface area contributed by atoms with Crippen molar-refractivity contribution in [2.45, 2.75) is 40.2 Å². The van der Waals surface area contributed by atoms with Crippen LogP contribution in [0.15, 0.2) is 18.2 Å². The van der Waals surface area contributed by atoms with Gasteiger partial charge in [-0.05, 0) is 45.9 Å². The largest absolute Gasteiger partial charge is 0.496 e. The van der Waals surface area contributed by atoms with Gasteiger partial charge in [0.1, 0.15) is 5.75 Å². The molecule has 0 fully saturated rings. The lowest BCUT2D eigenvalue weighted by Gasteiger charge is -2.22. The second kappa shape index (κ2) is 9.05. The molecular weight excluding hydrogens is 308 g/mol. The number of nitrogens with one attached hydrogen (secondary N) is 1. The minimum Gasteiger partial charge on any atom is -0.496 e. The Balaban J connectivity index is 2.89. The molecule has 1 aromatic carbocycles. The molecule has 0 aromatic heterocycles. The molecule has 0 atom stereocenters. The first-order valence-electron chi connectivity index (χ1n) is 8.03. The molecular formula is C18H26N2O4. The van der Waals surface area contributed by atoms with Crippen molar-refractivity contribution in [3.8, 4) is 5.75 Å². The van der Waals surface area contributed by atoms with Crippen LogP contribution in [-0.2, 0) is 16.0 Å². The summed E-state index contributed by atoms with van der Waals surface area (Å²) in [6.45, 7) is 7.48. The van der Waals surface area contributed by atoms with Crippen LogP contribution in [-0.4, -0.2) is 48.7 Å². The van der Waals surface area contributed by atoms with E-state index in [0.717, 1.165) is 0 Å². The number of likely N-dealkylation sites (N-methyl/N-ethyl adjacent to an activating group) is 1. The molecule has 2 amide bonds. The van der Waals surface area contributed by atoms with Crippen molar-refractivity contribution in [2.24, 2.45) is 0 Å². The predicted octanol–water partition coefficient (Wildman–Crippen LogP) is 1.81. The van der Waals surface area contributed by atoms with Crippen molar-refractivity contribution in [2.75, 3.05) is 20.2 Å². The maximum Gasteiger partial charge on any atom is 0.239 e. The van der Waals surface area contributed by atoms with Crippen LogP contribution in [0.25, 0.3) is 0 Å². The average Bonchev–Trinajstić information content (AvgIpc) is 2.51. The van der Waals surface area contributed by atoms with Gasteiger partial charge in [-0.2, -0.15) is 0 Å². The summed E-state index contributed by atoms with van der Waals surface area (Å²) in [5.41, 5.74) is 1.16. The smallest absolute Gasteiger partial charge is 0.239 e. The van der Waals surface area contributed by atoms with E-state index in [-0.39, 0.29) is 36.6 Å². The highest BCUT2D eigenvalue weighted by atomic mass is 16.5. The maximum absolute atomic E-state index is 12.5. The van der Waals surface area contributed by atoms with Crippen LogP contribution >= 0.6 is 0 Å². The predicted molar refractivity (Wildman–Crippen MR) is 92.2 cm³/mol. The number of Topliss-reactive ketones (excluding diaryl/α,β-unsaturated/α-hetero) is 1. The van der Waals surface area contributed by atoms with Gasteiger partial charge in [0.25, 0.3) is 0 Å². The second-order valence-electron chi connectivity index (χ2n) is 5.89. The summed E-state index contributed by atoms with van der Waals surface area (Å²) in [6, 6.07) is 5.05. The van der Waals surface area contributed by atoms with Gasteiger partial charge in [0.05, 0.1) is 20.1 Å². The number of carbonyl (C=O) groups excluding carboxylic acids is 3. The number of carbonyl (C=O) groups is 3. The number of ether oxygens (including phenoxy) is 1. The van der Waals surface area contributed by atoms with Crippen LogP contribution in [0.4, 0.5) is 0 Å². The third-order valence-corrected chi connectivity index (χ3v) is 3.55. The highest BCUT2D eigenvalue weighted by Gasteiger charge is 2.18. The summed E-state index contributed by atoms with van der Waals surface area (Å²) in [5.74, 6) is 0.103. The van der Waals surface area contributed by atoms with Gasteiger partial charge in [0.2, 0.25) is 11.8 Å². The van der Waals surface area contributed by atoms with Crippen molar-refractivity contribution in [1.29, 1.82) is 0 Å². The zero-order valence-corrected chi connectivity index (χ0v) is 15.0. The van der Waals surface area contributed by atoms with E-state index in [4.69, 9.17) is 4.74 Å². The summed E-state index contributed by atoms with van der Waals surface area (Å²) in [4.78, 5) is 37.4. The molecule has 0 aliphatic heterocycles. The topological polar surface area (TPSA) is 75.7 Å². The number of benzene rings is 1. The summed E-state index contributed by atoms with van der Waals surface area (Å²) in [7, 11) is 1.52. The molecule has 0 saturated heterocycles. The number of methoxy groups -OCH3 is 1. The first-order valence-corrected chi connectivity index (χ1v) is 8.03. The first kappa shape index (κ1) is 19.7. The van der Waals surface area contributed by atoms with Crippen LogP contribution in [0.3, 0.4) is 0 Å². The summed E-state index contributed by atoms with van der Waals surface area (Å²) < 4.78 is 5.27. The minimum absolute atomic E-state index is 0.0161. The summed E-state index contributed by atoms with van der Waals surface area (Å²) >= 11 is 0. The van der Waals surface area contributed by atoms with Gasteiger partial charge in [-0.3, -0.25) is 14.4 Å².